The monoisotopic (exact) mass is 310 g/mol. The molecule has 0 spiro atoms. The van der Waals surface area contributed by atoms with Gasteiger partial charge >= 0.3 is 5.97 Å². The molecule has 5 heteroatoms. The summed E-state index contributed by atoms with van der Waals surface area (Å²) in [4.78, 5) is 20.5. The standard InChI is InChI=1S/C16H26N2O2S/c1-5-18(10-11(3)4)16-17-14-12(15(19)20-6-2)8-7-9-13(14)21-16/h11-12H,5-10H2,1-4H3. The second-order valence-electron chi connectivity index (χ2n) is 5.93. The Bertz CT molecular complexity index is 485. The molecule has 0 saturated heterocycles. The molecule has 118 valence electrons. The van der Waals surface area contributed by atoms with E-state index < -0.39 is 0 Å². The summed E-state index contributed by atoms with van der Waals surface area (Å²) >= 11 is 1.76. The topological polar surface area (TPSA) is 42.4 Å². The van der Waals surface area contributed by atoms with Crippen molar-refractivity contribution in [2.75, 3.05) is 24.6 Å². The summed E-state index contributed by atoms with van der Waals surface area (Å²) in [6, 6.07) is 0. The number of fused-ring (bicyclic) bond motifs is 1. The highest BCUT2D eigenvalue weighted by Gasteiger charge is 2.32. The van der Waals surface area contributed by atoms with Crippen LogP contribution in [0.15, 0.2) is 0 Å². The van der Waals surface area contributed by atoms with E-state index >= 15 is 0 Å². The Labute approximate surface area is 131 Å². The summed E-state index contributed by atoms with van der Waals surface area (Å²) in [5.41, 5.74) is 0.974. The molecule has 0 aliphatic heterocycles. The minimum Gasteiger partial charge on any atom is -0.465 e. The van der Waals surface area contributed by atoms with Crippen LogP contribution in [0.3, 0.4) is 0 Å². The van der Waals surface area contributed by atoms with E-state index in [0.29, 0.717) is 12.5 Å². The van der Waals surface area contributed by atoms with Gasteiger partial charge in [-0.05, 0) is 39.0 Å². The molecule has 0 amide bonds. The van der Waals surface area contributed by atoms with E-state index in [1.54, 1.807) is 11.3 Å². The van der Waals surface area contributed by atoms with E-state index in [9.17, 15) is 4.79 Å². The molecule has 0 saturated carbocycles. The first-order valence-electron chi connectivity index (χ1n) is 7.97. The van der Waals surface area contributed by atoms with Gasteiger partial charge in [0, 0.05) is 18.0 Å². The van der Waals surface area contributed by atoms with Crippen LogP contribution in [0.2, 0.25) is 0 Å². The number of carbonyl (C=O) groups is 1. The van der Waals surface area contributed by atoms with E-state index in [-0.39, 0.29) is 11.9 Å². The smallest absolute Gasteiger partial charge is 0.315 e. The molecule has 1 unspecified atom stereocenters. The average molecular weight is 310 g/mol. The molecular weight excluding hydrogens is 284 g/mol. The number of anilines is 1. The average Bonchev–Trinajstić information content (AvgIpc) is 2.88. The fourth-order valence-corrected chi connectivity index (χ4v) is 4.03. The van der Waals surface area contributed by atoms with Gasteiger partial charge in [-0.1, -0.05) is 13.8 Å². The maximum Gasteiger partial charge on any atom is 0.315 e. The highest BCUT2D eigenvalue weighted by molar-refractivity contribution is 7.15. The number of thiazole rings is 1. The van der Waals surface area contributed by atoms with Crippen molar-refractivity contribution in [3.63, 3.8) is 0 Å². The van der Waals surface area contributed by atoms with Gasteiger partial charge in [0.1, 0.15) is 5.92 Å². The first-order chi connectivity index (χ1) is 10.1. The Hall–Kier alpha value is -1.10. The van der Waals surface area contributed by atoms with Crippen molar-refractivity contribution in [2.45, 2.75) is 52.9 Å². The number of aromatic nitrogens is 1. The molecule has 4 nitrogen and oxygen atoms in total. The van der Waals surface area contributed by atoms with Crippen molar-refractivity contribution in [3.05, 3.63) is 10.6 Å². The molecule has 1 heterocycles. The van der Waals surface area contributed by atoms with Crippen molar-refractivity contribution in [2.24, 2.45) is 5.92 Å². The molecule has 1 aromatic heterocycles. The van der Waals surface area contributed by atoms with Crippen LogP contribution in [-0.2, 0) is 16.0 Å². The maximum atomic E-state index is 12.1. The zero-order valence-electron chi connectivity index (χ0n) is 13.5. The largest absolute Gasteiger partial charge is 0.465 e. The zero-order valence-corrected chi connectivity index (χ0v) is 14.3. The van der Waals surface area contributed by atoms with E-state index in [4.69, 9.17) is 9.72 Å². The Balaban J connectivity index is 2.23. The second kappa shape index (κ2) is 7.25. The van der Waals surface area contributed by atoms with Crippen molar-refractivity contribution < 1.29 is 9.53 Å². The number of hydrogen-bond donors (Lipinski definition) is 0. The SMILES string of the molecule is CCOC(=O)C1CCCc2sc(N(CC)CC(C)C)nc21. The quantitative estimate of drug-likeness (QED) is 0.753. The van der Waals surface area contributed by atoms with Crippen LogP contribution in [0, 0.1) is 5.92 Å². The summed E-state index contributed by atoms with van der Waals surface area (Å²) in [6.45, 7) is 10.9. The molecular formula is C16H26N2O2S. The number of ether oxygens (including phenoxy) is 1. The fraction of sp³-hybridized carbons (Fsp3) is 0.750. The van der Waals surface area contributed by atoms with Crippen LogP contribution in [0.4, 0.5) is 5.13 Å². The van der Waals surface area contributed by atoms with E-state index in [2.05, 4.69) is 25.7 Å². The Morgan fingerprint density at radius 1 is 1.48 bits per heavy atom. The third kappa shape index (κ3) is 3.76. The molecule has 0 aromatic carbocycles. The Morgan fingerprint density at radius 3 is 2.86 bits per heavy atom. The predicted octanol–water partition coefficient (Wildman–Crippen LogP) is 3.61. The molecule has 2 rings (SSSR count). The Kier molecular flexibility index (Phi) is 5.62. The predicted molar refractivity (Wildman–Crippen MR) is 87.2 cm³/mol. The highest BCUT2D eigenvalue weighted by atomic mass is 32.1. The summed E-state index contributed by atoms with van der Waals surface area (Å²) < 4.78 is 5.21. The summed E-state index contributed by atoms with van der Waals surface area (Å²) in [6.07, 6.45) is 2.96. The lowest BCUT2D eigenvalue weighted by molar-refractivity contribution is -0.145. The van der Waals surface area contributed by atoms with Crippen LogP contribution < -0.4 is 4.90 Å². The van der Waals surface area contributed by atoms with Gasteiger partial charge in [0.25, 0.3) is 0 Å². The fourth-order valence-electron chi connectivity index (χ4n) is 2.80. The molecule has 0 bridgehead atoms. The normalized spacial score (nSPS) is 17.7. The van der Waals surface area contributed by atoms with Gasteiger partial charge in [0.2, 0.25) is 0 Å². The summed E-state index contributed by atoms with van der Waals surface area (Å²) in [5.74, 6) is 0.338. The molecule has 1 aromatic rings. The number of rotatable bonds is 6. The lowest BCUT2D eigenvalue weighted by Gasteiger charge is -2.22. The van der Waals surface area contributed by atoms with Crippen LogP contribution in [-0.4, -0.2) is 30.6 Å². The zero-order chi connectivity index (χ0) is 15.4. The molecule has 0 radical (unpaired) electrons. The maximum absolute atomic E-state index is 12.1. The van der Waals surface area contributed by atoms with Gasteiger partial charge < -0.3 is 9.64 Å². The first-order valence-corrected chi connectivity index (χ1v) is 8.79. The molecule has 1 atom stereocenters. The van der Waals surface area contributed by atoms with Gasteiger partial charge in [0.05, 0.1) is 12.3 Å². The molecule has 21 heavy (non-hydrogen) atoms. The number of nitrogens with zero attached hydrogens (tertiary/aromatic N) is 2. The van der Waals surface area contributed by atoms with Crippen molar-refractivity contribution in [3.8, 4) is 0 Å². The van der Waals surface area contributed by atoms with Gasteiger partial charge in [0.15, 0.2) is 5.13 Å². The first kappa shape index (κ1) is 16.3. The second-order valence-corrected chi connectivity index (χ2v) is 7.00. The number of aryl methyl sites for hydroxylation is 1. The minimum atomic E-state index is -0.156. The third-order valence-electron chi connectivity index (χ3n) is 3.75. The van der Waals surface area contributed by atoms with Crippen LogP contribution in [0.25, 0.3) is 0 Å². The molecule has 1 aliphatic carbocycles. The van der Waals surface area contributed by atoms with Gasteiger partial charge in [-0.25, -0.2) is 4.98 Å². The summed E-state index contributed by atoms with van der Waals surface area (Å²) in [5, 5.41) is 1.06. The number of hydrogen-bond acceptors (Lipinski definition) is 5. The molecule has 1 aliphatic rings. The Morgan fingerprint density at radius 2 is 2.24 bits per heavy atom. The third-order valence-corrected chi connectivity index (χ3v) is 4.94. The van der Waals surface area contributed by atoms with Crippen LogP contribution in [0.1, 0.15) is 57.0 Å². The number of carbonyl (C=O) groups excluding carboxylic acids is 1. The van der Waals surface area contributed by atoms with Crippen LogP contribution >= 0.6 is 11.3 Å². The van der Waals surface area contributed by atoms with Crippen molar-refractivity contribution >= 4 is 22.4 Å². The van der Waals surface area contributed by atoms with Gasteiger partial charge in [-0.2, -0.15) is 0 Å². The van der Waals surface area contributed by atoms with E-state index in [0.717, 1.165) is 43.2 Å². The minimum absolute atomic E-state index is 0.109. The van der Waals surface area contributed by atoms with E-state index in [1.807, 2.05) is 6.92 Å². The summed E-state index contributed by atoms with van der Waals surface area (Å²) in [7, 11) is 0. The van der Waals surface area contributed by atoms with Gasteiger partial charge in [-0.15, -0.1) is 11.3 Å². The van der Waals surface area contributed by atoms with Crippen molar-refractivity contribution in [1.82, 2.24) is 4.98 Å². The molecule has 0 N–H and O–H groups in total. The van der Waals surface area contributed by atoms with E-state index in [1.165, 1.54) is 4.88 Å². The lowest BCUT2D eigenvalue weighted by atomic mass is 9.91. The van der Waals surface area contributed by atoms with Crippen LogP contribution in [0.5, 0.6) is 0 Å². The van der Waals surface area contributed by atoms with Crippen molar-refractivity contribution in [1.29, 1.82) is 0 Å². The number of esters is 1. The molecule has 0 fully saturated rings. The van der Waals surface area contributed by atoms with Gasteiger partial charge in [-0.3, -0.25) is 4.79 Å². The highest BCUT2D eigenvalue weighted by Crippen LogP contribution is 2.38. The lowest BCUT2D eigenvalue weighted by Crippen LogP contribution is -2.27.